The van der Waals surface area contributed by atoms with Crippen molar-refractivity contribution >= 4 is 17.6 Å². The minimum Gasteiger partial charge on any atom is -0.490 e. The molecule has 224 valence electrons. The topological polar surface area (TPSA) is 92.2 Å². The number of carbonyl (C=O) groups excluding carboxylic acids is 1. The highest BCUT2D eigenvalue weighted by atomic mass is 19.1. The Morgan fingerprint density at radius 1 is 1.02 bits per heavy atom. The van der Waals surface area contributed by atoms with Crippen LogP contribution < -0.4 is 14.4 Å². The molecule has 2 aromatic carbocycles. The van der Waals surface area contributed by atoms with Crippen molar-refractivity contribution in [3.8, 4) is 22.8 Å². The molecule has 7 rings (SSSR count). The van der Waals surface area contributed by atoms with Crippen LogP contribution in [0.25, 0.3) is 11.3 Å². The second-order valence-corrected chi connectivity index (χ2v) is 12.7. The maximum atomic E-state index is 15.2. The first kappa shape index (κ1) is 27.8. The molecule has 3 aromatic rings. The molecule has 0 unspecified atom stereocenters. The number of nitrogens with zero attached hydrogens (tertiary/aromatic N) is 3. The highest BCUT2D eigenvalue weighted by Gasteiger charge is 2.45. The number of likely N-dealkylation sites (tertiary alicyclic amines) is 1. The van der Waals surface area contributed by atoms with E-state index in [0.29, 0.717) is 36.6 Å². The maximum Gasteiger partial charge on any atom is 0.335 e. The molecule has 0 bridgehead atoms. The summed E-state index contributed by atoms with van der Waals surface area (Å²) in [7, 11) is 0. The van der Waals surface area contributed by atoms with Gasteiger partial charge in [0.15, 0.2) is 0 Å². The van der Waals surface area contributed by atoms with Gasteiger partial charge < -0.3 is 19.5 Å². The van der Waals surface area contributed by atoms with Gasteiger partial charge in [-0.1, -0.05) is 0 Å². The third-order valence-corrected chi connectivity index (χ3v) is 9.05. The molecule has 1 N–H and O–H groups in total. The summed E-state index contributed by atoms with van der Waals surface area (Å²) in [4.78, 5) is 32.9. The Bertz CT molecular complexity index is 1520. The molecular weight excluding hydrogens is 549 g/mol. The zero-order chi connectivity index (χ0) is 29.7. The van der Waals surface area contributed by atoms with Crippen LogP contribution in [-0.2, 0) is 11.3 Å². The molecule has 0 atom stereocenters. The lowest BCUT2D eigenvalue weighted by Crippen LogP contribution is -2.41. The van der Waals surface area contributed by atoms with E-state index in [0.717, 1.165) is 68.4 Å². The van der Waals surface area contributed by atoms with Crippen LogP contribution in [0.2, 0.25) is 0 Å². The number of aryl methyl sites for hydroxylation is 1. The summed E-state index contributed by atoms with van der Waals surface area (Å²) in [5.41, 5.74) is 3.55. The number of rotatable bonds is 9. The normalized spacial score (nSPS) is 20.0. The monoisotopic (exact) mass is 585 g/mol. The standard InChI is InChI=1S/C34H36FN3O5/c1-21-14-27(35)32(36-18-21)31-28(42-25-6-7-25)15-22(16-29(31)43-26-8-9-26)19-37-12-10-34(11-13-37)17-30(39)38(20-34)24-4-2-23(3-5-24)33(40)41/h2-5,14-16,18,25-26H,6-13,17,19-20H2,1H3,(H,40,41). The number of carbonyl (C=O) groups is 2. The van der Waals surface area contributed by atoms with Gasteiger partial charge in [-0.2, -0.15) is 0 Å². The van der Waals surface area contributed by atoms with Gasteiger partial charge in [-0.3, -0.25) is 14.7 Å². The van der Waals surface area contributed by atoms with E-state index in [2.05, 4.69) is 9.88 Å². The summed E-state index contributed by atoms with van der Waals surface area (Å²) in [6.45, 7) is 4.89. The summed E-state index contributed by atoms with van der Waals surface area (Å²) in [5, 5.41) is 9.20. The molecule has 1 amide bonds. The largest absolute Gasteiger partial charge is 0.490 e. The van der Waals surface area contributed by atoms with Gasteiger partial charge in [-0.25, -0.2) is 9.18 Å². The Balaban J connectivity index is 1.09. The number of carboxylic acid groups (broad SMARTS) is 1. The molecule has 4 aliphatic rings. The number of pyridine rings is 1. The van der Waals surface area contributed by atoms with Gasteiger partial charge in [0.25, 0.3) is 0 Å². The van der Waals surface area contributed by atoms with Crippen molar-refractivity contribution in [2.75, 3.05) is 24.5 Å². The lowest BCUT2D eigenvalue weighted by Gasteiger charge is -2.39. The predicted octanol–water partition coefficient (Wildman–Crippen LogP) is 6.00. The second kappa shape index (κ2) is 10.9. The second-order valence-electron chi connectivity index (χ2n) is 12.7. The van der Waals surface area contributed by atoms with Crippen molar-refractivity contribution in [3.63, 3.8) is 0 Å². The number of hydrogen-bond acceptors (Lipinski definition) is 6. The van der Waals surface area contributed by atoms with E-state index < -0.39 is 5.97 Å². The lowest BCUT2D eigenvalue weighted by atomic mass is 9.77. The molecular formula is C34H36FN3O5. The first-order valence-corrected chi connectivity index (χ1v) is 15.2. The van der Waals surface area contributed by atoms with E-state index in [1.807, 2.05) is 19.1 Å². The third kappa shape index (κ3) is 5.95. The molecule has 8 nitrogen and oxygen atoms in total. The van der Waals surface area contributed by atoms with E-state index in [4.69, 9.17) is 9.47 Å². The minimum absolute atomic E-state index is 0.0853. The van der Waals surface area contributed by atoms with Gasteiger partial charge >= 0.3 is 5.97 Å². The van der Waals surface area contributed by atoms with E-state index in [9.17, 15) is 14.7 Å². The van der Waals surface area contributed by atoms with E-state index in [1.54, 1.807) is 35.4 Å². The number of carboxylic acids is 1. The van der Waals surface area contributed by atoms with Crippen LogP contribution in [0, 0.1) is 18.2 Å². The zero-order valence-corrected chi connectivity index (χ0v) is 24.4. The highest BCUT2D eigenvalue weighted by Crippen LogP contribution is 2.46. The van der Waals surface area contributed by atoms with Gasteiger partial charge in [-0.05, 0) is 118 Å². The number of benzene rings is 2. The summed E-state index contributed by atoms with van der Waals surface area (Å²) in [5.74, 6) is -0.00832. The first-order chi connectivity index (χ1) is 20.7. The Kier molecular flexibility index (Phi) is 7.08. The molecule has 2 aliphatic carbocycles. The summed E-state index contributed by atoms with van der Waals surface area (Å²) in [6.07, 6.45) is 8.19. The van der Waals surface area contributed by atoms with Crippen LogP contribution in [0.5, 0.6) is 11.5 Å². The molecule has 1 aromatic heterocycles. The zero-order valence-electron chi connectivity index (χ0n) is 24.4. The number of amides is 1. The van der Waals surface area contributed by atoms with Gasteiger partial charge in [0.2, 0.25) is 5.91 Å². The van der Waals surface area contributed by atoms with E-state index in [-0.39, 0.29) is 40.6 Å². The summed E-state index contributed by atoms with van der Waals surface area (Å²) >= 11 is 0. The van der Waals surface area contributed by atoms with Crippen LogP contribution in [-0.4, -0.2) is 58.7 Å². The van der Waals surface area contributed by atoms with Gasteiger partial charge in [0, 0.05) is 31.4 Å². The smallest absolute Gasteiger partial charge is 0.335 e. The van der Waals surface area contributed by atoms with Gasteiger partial charge in [-0.15, -0.1) is 0 Å². The van der Waals surface area contributed by atoms with Gasteiger partial charge in [0.1, 0.15) is 23.0 Å². The average Bonchev–Trinajstić information content (AvgIpc) is 3.92. The van der Waals surface area contributed by atoms with Crippen LogP contribution in [0.15, 0.2) is 48.7 Å². The third-order valence-electron chi connectivity index (χ3n) is 9.05. The number of halogens is 1. The fourth-order valence-corrected chi connectivity index (χ4v) is 6.30. The number of piperidine rings is 1. The number of anilines is 1. The Morgan fingerprint density at radius 2 is 1.65 bits per heavy atom. The van der Waals surface area contributed by atoms with Gasteiger partial charge in [0.05, 0.1) is 23.3 Å². The van der Waals surface area contributed by atoms with Crippen molar-refractivity contribution in [1.29, 1.82) is 0 Å². The Labute approximate surface area is 250 Å². The van der Waals surface area contributed by atoms with Crippen LogP contribution >= 0.6 is 0 Å². The molecule has 2 aliphatic heterocycles. The molecule has 1 spiro atoms. The Morgan fingerprint density at radius 3 is 2.21 bits per heavy atom. The highest BCUT2D eigenvalue weighted by molar-refractivity contribution is 5.97. The van der Waals surface area contributed by atoms with Crippen molar-refractivity contribution in [2.24, 2.45) is 5.41 Å². The molecule has 9 heteroatoms. The van der Waals surface area contributed by atoms with Crippen LogP contribution in [0.1, 0.15) is 66.4 Å². The minimum atomic E-state index is -0.978. The molecule has 0 radical (unpaired) electrons. The first-order valence-electron chi connectivity index (χ1n) is 15.2. The molecule has 2 saturated carbocycles. The molecule has 3 heterocycles. The molecule has 2 saturated heterocycles. The maximum absolute atomic E-state index is 15.2. The lowest BCUT2D eigenvalue weighted by molar-refractivity contribution is -0.118. The Hall–Kier alpha value is -3.98. The van der Waals surface area contributed by atoms with Crippen molar-refractivity contribution in [1.82, 2.24) is 9.88 Å². The fraction of sp³-hybridized carbons (Fsp3) is 0.441. The summed E-state index contributed by atoms with van der Waals surface area (Å²) < 4.78 is 27.9. The molecule has 4 fully saturated rings. The number of hydrogen-bond donors (Lipinski definition) is 1. The number of ether oxygens (including phenoxy) is 2. The van der Waals surface area contributed by atoms with Crippen LogP contribution in [0.4, 0.5) is 10.1 Å². The van der Waals surface area contributed by atoms with E-state index >= 15 is 4.39 Å². The van der Waals surface area contributed by atoms with Crippen molar-refractivity contribution in [3.05, 3.63) is 71.2 Å². The van der Waals surface area contributed by atoms with Crippen LogP contribution in [0.3, 0.4) is 0 Å². The van der Waals surface area contributed by atoms with E-state index in [1.165, 1.54) is 6.07 Å². The van der Waals surface area contributed by atoms with Crippen molar-refractivity contribution in [2.45, 2.75) is 70.6 Å². The number of aromatic carboxylic acids is 1. The molecule has 43 heavy (non-hydrogen) atoms. The number of aromatic nitrogens is 1. The fourth-order valence-electron chi connectivity index (χ4n) is 6.30. The van der Waals surface area contributed by atoms with Crippen molar-refractivity contribution < 1.29 is 28.6 Å². The average molecular weight is 586 g/mol. The summed E-state index contributed by atoms with van der Waals surface area (Å²) in [6, 6.07) is 12.1. The SMILES string of the molecule is Cc1cnc(-c2c(OC3CC3)cc(CN3CCC4(CC3)CC(=O)N(c3ccc(C(=O)O)cc3)C4)cc2OC2CC2)c(F)c1. The quantitative estimate of drug-likeness (QED) is 0.330. The predicted molar refractivity (Wildman–Crippen MR) is 159 cm³/mol.